The van der Waals surface area contributed by atoms with Crippen LogP contribution in [0.4, 0.5) is 5.69 Å². The molecule has 7 nitrogen and oxygen atoms in total. The van der Waals surface area contributed by atoms with Crippen molar-refractivity contribution in [3.05, 3.63) is 100 Å². The Labute approximate surface area is 208 Å². The molecule has 35 heavy (non-hydrogen) atoms. The van der Waals surface area contributed by atoms with Crippen molar-refractivity contribution < 1.29 is 14.7 Å². The number of benzene rings is 3. The molecule has 0 fully saturated rings. The average molecular weight is 487 g/mol. The minimum atomic E-state index is -1.06. The van der Waals surface area contributed by atoms with Crippen molar-refractivity contribution in [2.75, 3.05) is 18.5 Å². The fraction of sp³-hybridized carbons (Fsp3) is 0.185. The molecule has 4 rings (SSSR count). The van der Waals surface area contributed by atoms with E-state index in [1.54, 1.807) is 30.3 Å². The Balaban J connectivity index is 1.89. The van der Waals surface area contributed by atoms with Crippen molar-refractivity contribution in [2.24, 2.45) is 4.99 Å². The van der Waals surface area contributed by atoms with E-state index in [0.29, 0.717) is 11.4 Å². The molecule has 3 aromatic carbocycles. The normalized spacial score (nSPS) is 16.0. The van der Waals surface area contributed by atoms with Crippen molar-refractivity contribution in [3.63, 3.8) is 0 Å². The maximum atomic E-state index is 12.8. The van der Waals surface area contributed by atoms with Crippen LogP contribution in [0.2, 0.25) is 5.02 Å². The summed E-state index contributed by atoms with van der Waals surface area (Å²) in [4.78, 5) is 31.3. The van der Waals surface area contributed by atoms with Crippen LogP contribution < -0.4 is 4.90 Å². The van der Waals surface area contributed by atoms with Crippen LogP contribution in [0, 0.1) is 11.5 Å². The van der Waals surface area contributed by atoms with Gasteiger partial charge in [-0.2, -0.15) is 10.3 Å². The van der Waals surface area contributed by atoms with Crippen LogP contribution in [0.3, 0.4) is 0 Å². The number of anilines is 1. The smallest absolute Gasteiger partial charge is 0.323 e. The number of aliphatic carboxylic acids is 1. The molecular formula is C27H23ClN4O3. The van der Waals surface area contributed by atoms with Gasteiger partial charge in [0.25, 0.3) is 0 Å². The van der Waals surface area contributed by atoms with Gasteiger partial charge in [-0.3, -0.25) is 9.59 Å². The highest BCUT2D eigenvalue weighted by molar-refractivity contribution is 6.30. The molecule has 1 N–H and O–H groups in total. The lowest BCUT2D eigenvalue weighted by atomic mass is 9.82. The third-order valence-corrected chi connectivity index (χ3v) is 6.41. The number of hydrogen-bond acceptors (Lipinski definition) is 4. The second-order valence-corrected chi connectivity index (χ2v) is 8.74. The van der Waals surface area contributed by atoms with Crippen LogP contribution >= 0.6 is 11.6 Å². The van der Waals surface area contributed by atoms with Gasteiger partial charge in [-0.1, -0.05) is 66.2 Å². The number of nitriles is 1. The summed E-state index contributed by atoms with van der Waals surface area (Å²) in [6.45, 7) is -0.365. The molecule has 0 saturated carbocycles. The molecule has 0 aromatic heterocycles. The summed E-state index contributed by atoms with van der Waals surface area (Å²) in [6.07, 6.45) is 3.27. The zero-order valence-electron chi connectivity index (χ0n) is 19.0. The first-order chi connectivity index (χ1) is 16.9. The molecule has 176 valence electrons. The SMILES string of the molecule is CN1C(=O)CC(c2ccccc2)c2cc(C(c3ccc(Cl)cc3)N(/C=N/C#N)CC(=O)O)ccc21. The van der Waals surface area contributed by atoms with Crippen molar-refractivity contribution >= 4 is 35.5 Å². The molecule has 2 atom stereocenters. The Morgan fingerprint density at radius 1 is 1.20 bits per heavy atom. The number of amides is 1. The molecule has 3 aromatic rings. The highest BCUT2D eigenvalue weighted by Crippen LogP contribution is 2.42. The standard InChI is InChI=1S/C27H23ClN4O3/c1-31-24-12-9-20(13-23(24)22(14-25(31)33)18-5-3-2-4-6-18)27(19-7-10-21(28)11-8-19)32(15-26(34)35)17-30-16-29/h2-13,17,22,27H,14-15H2,1H3,(H,34,35)/b30-17+. The van der Waals surface area contributed by atoms with E-state index in [0.717, 1.165) is 27.9 Å². The zero-order valence-corrected chi connectivity index (χ0v) is 19.8. The lowest BCUT2D eigenvalue weighted by Gasteiger charge is -2.34. The number of carbonyl (C=O) groups excluding carboxylic acids is 1. The lowest BCUT2D eigenvalue weighted by Crippen LogP contribution is -2.35. The summed E-state index contributed by atoms with van der Waals surface area (Å²) in [7, 11) is 1.76. The number of carbonyl (C=O) groups is 2. The van der Waals surface area contributed by atoms with Gasteiger partial charge in [0.1, 0.15) is 12.9 Å². The second kappa shape index (κ2) is 10.4. The Morgan fingerprint density at radius 2 is 1.89 bits per heavy atom. The molecule has 0 saturated heterocycles. The number of hydrogen-bond donors (Lipinski definition) is 1. The maximum Gasteiger partial charge on any atom is 0.323 e. The van der Waals surface area contributed by atoms with Gasteiger partial charge < -0.3 is 14.9 Å². The molecule has 8 heteroatoms. The molecule has 2 unspecified atom stereocenters. The van der Waals surface area contributed by atoms with E-state index >= 15 is 0 Å². The molecule has 0 aliphatic carbocycles. The van der Waals surface area contributed by atoms with Gasteiger partial charge in [-0.15, -0.1) is 0 Å². The summed E-state index contributed by atoms with van der Waals surface area (Å²) in [6, 6.07) is 22.2. The molecule has 1 amide bonds. The van der Waals surface area contributed by atoms with Gasteiger partial charge in [0.05, 0.1) is 6.04 Å². The summed E-state index contributed by atoms with van der Waals surface area (Å²) in [5.41, 5.74) is 4.41. The van der Waals surface area contributed by atoms with E-state index in [4.69, 9.17) is 16.9 Å². The topological polar surface area (TPSA) is 97.0 Å². The minimum absolute atomic E-state index is 0.0296. The van der Waals surface area contributed by atoms with Crippen molar-refractivity contribution in [3.8, 4) is 6.19 Å². The Bertz CT molecular complexity index is 1300. The van der Waals surface area contributed by atoms with Gasteiger partial charge in [-0.05, 0) is 40.5 Å². The third-order valence-electron chi connectivity index (χ3n) is 6.16. The summed E-state index contributed by atoms with van der Waals surface area (Å²) >= 11 is 6.11. The molecule has 1 heterocycles. The molecule has 0 bridgehead atoms. The van der Waals surface area contributed by atoms with Gasteiger partial charge >= 0.3 is 5.97 Å². The first-order valence-electron chi connectivity index (χ1n) is 11.0. The molecule has 0 radical (unpaired) electrons. The van der Waals surface area contributed by atoms with Crippen LogP contribution in [0.15, 0.2) is 77.8 Å². The number of halogens is 1. The van der Waals surface area contributed by atoms with E-state index in [2.05, 4.69) is 4.99 Å². The Morgan fingerprint density at radius 3 is 2.54 bits per heavy atom. The first kappa shape index (κ1) is 24.0. The number of fused-ring (bicyclic) bond motifs is 1. The van der Waals surface area contributed by atoms with Gasteiger partial charge in [0, 0.05) is 30.1 Å². The quantitative estimate of drug-likeness (QED) is 0.293. The van der Waals surface area contributed by atoms with Crippen LogP contribution in [0.1, 0.15) is 40.6 Å². The highest BCUT2D eigenvalue weighted by Gasteiger charge is 2.32. The van der Waals surface area contributed by atoms with E-state index in [-0.39, 0.29) is 18.4 Å². The summed E-state index contributed by atoms with van der Waals surface area (Å²) in [5, 5.41) is 19.1. The van der Waals surface area contributed by atoms with Crippen molar-refractivity contribution in [2.45, 2.75) is 18.4 Å². The molecule has 0 spiro atoms. The van der Waals surface area contributed by atoms with E-state index in [1.165, 1.54) is 11.2 Å². The monoisotopic (exact) mass is 486 g/mol. The zero-order chi connectivity index (χ0) is 24.9. The highest BCUT2D eigenvalue weighted by atomic mass is 35.5. The number of carboxylic acids is 1. The summed E-state index contributed by atoms with van der Waals surface area (Å²) < 4.78 is 0. The number of nitrogens with zero attached hydrogens (tertiary/aromatic N) is 4. The van der Waals surface area contributed by atoms with Crippen LogP contribution in [-0.4, -0.2) is 41.8 Å². The van der Waals surface area contributed by atoms with E-state index < -0.39 is 12.0 Å². The fourth-order valence-electron chi connectivity index (χ4n) is 4.54. The minimum Gasteiger partial charge on any atom is -0.480 e. The van der Waals surface area contributed by atoms with Gasteiger partial charge in [-0.25, -0.2) is 0 Å². The van der Waals surface area contributed by atoms with Gasteiger partial charge in [0.15, 0.2) is 0 Å². The van der Waals surface area contributed by atoms with Crippen molar-refractivity contribution in [1.29, 1.82) is 5.26 Å². The van der Waals surface area contributed by atoms with Crippen molar-refractivity contribution in [1.82, 2.24) is 4.90 Å². The predicted molar refractivity (Wildman–Crippen MR) is 134 cm³/mol. The lowest BCUT2D eigenvalue weighted by molar-refractivity contribution is -0.137. The van der Waals surface area contributed by atoms with Crippen LogP contribution in [0.25, 0.3) is 0 Å². The second-order valence-electron chi connectivity index (χ2n) is 8.30. The Hall–Kier alpha value is -4.15. The molecule has 1 aliphatic rings. The van der Waals surface area contributed by atoms with Gasteiger partial charge in [0.2, 0.25) is 12.1 Å². The first-order valence-corrected chi connectivity index (χ1v) is 11.4. The van der Waals surface area contributed by atoms with Crippen LogP contribution in [-0.2, 0) is 9.59 Å². The fourth-order valence-corrected chi connectivity index (χ4v) is 4.67. The number of aliphatic imine (C=N–C) groups is 1. The number of rotatable bonds is 7. The molecule has 1 aliphatic heterocycles. The Kier molecular flexibility index (Phi) is 7.14. The van der Waals surface area contributed by atoms with E-state index in [9.17, 15) is 14.7 Å². The van der Waals surface area contributed by atoms with E-state index in [1.807, 2.05) is 60.7 Å². The third kappa shape index (κ3) is 5.18. The van der Waals surface area contributed by atoms with Crippen LogP contribution in [0.5, 0.6) is 0 Å². The predicted octanol–water partition coefficient (Wildman–Crippen LogP) is 4.82. The summed E-state index contributed by atoms with van der Waals surface area (Å²) in [5.74, 6) is -1.16. The molecular weight excluding hydrogens is 464 g/mol. The largest absolute Gasteiger partial charge is 0.480 e. The maximum absolute atomic E-state index is 12.8. The average Bonchev–Trinajstić information content (AvgIpc) is 2.86. The number of carboxylic acid groups (broad SMARTS) is 1.